The number of nitrogens with two attached hydrogens (primary N) is 1. The number of halogens is 3. The van der Waals surface area contributed by atoms with Gasteiger partial charge in [-0.25, -0.2) is 4.98 Å². The molecule has 0 unspecified atom stereocenters. The molecule has 1 aliphatic carbocycles. The van der Waals surface area contributed by atoms with Gasteiger partial charge in [-0.1, -0.05) is 30.9 Å². The number of anilines is 1. The van der Waals surface area contributed by atoms with Gasteiger partial charge in [-0.3, -0.25) is 4.79 Å². The van der Waals surface area contributed by atoms with Crippen molar-refractivity contribution in [3.8, 4) is 5.75 Å². The van der Waals surface area contributed by atoms with Crippen LogP contribution < -0.4 is 15.8 Å². The topological polar surface area (TPSA) is 77.2 Å². The van der Waals surface area contributed by atoms with Gasteiger partial charge < -0.3 is 15.8 Å². The van der Waals surface area contributed by atoms with Crippen LogP contribution in [0.2, 0.25) is 5.02 Å². The molecule has 1 amide bonds. The fraction of sp³-hybridized carbons (Fsp3) is 0.474. The van der Waals surface area contributed by atoms with E-state index in [0.29, 0.717) is 40.9 Å². The van der Waals surface area contributed by atoms with E-state index in [1.807, 2.05) is 0 Å². The molecule has 5 nitrogen and oxygen atoms in total. The highest BCUT2D eigenvalue weighted by atomic mass is 35.5. The molecule has 0 aliphatic heterocycles. The Hall–Kier alpha value is -1.21. The van der Waals surface area contributed by atoms with Gasteiger partial charge in [-0.2, -0.15) is 0 Å². The van der Waals surface area contributed by atoms with Crippen molar-refractivity contribution in [1.29, 1.82) is 0 Å². The molecule has 1 aromatic carbocycles. The minimum Gasteiger partial charge on any atom is -0.496 e. The van der Waals surface area contributed by atoms with Crippen LogP contribution in [-0.4, -0.2) is 24.5 Å². The Morgan fingerprint density at radius 3 is 2.71 bits per heavy atom. The van der Waals surface area contributed by atoms with E-state index in [-0.39, 0.29) is 30.7 Å². The summed E-state index contributed by atoms with van der Waals surface area (Å²) in [6.45, 7) is 0.515. The number of carbonyl (C=O) groups is 1. The third-order valence-corrected chi connectivity index (χ3v) is 6.03. The lowest BCUT2D eigenvalue weighted by Gasteiger charge is -2.19. The Balaban J connectivity index is 0.00000196. The highest BCUT2D eigenvalue weighted by Gasteiger charge is 2.18. The largest absolute Gasteiger partial charge is 0.496 e. The zero-order chi connectivity index (χ0) is 18.5. The zero-order valence-electron chi connectivity index (χ0n) is 15.7. The molecule has 9 heteroatoms. The van der Waals surface area contributed by atoms with Gasteiger partial charge in [0, 0.05) is 30.3 Å². The summed E-state index contributed by atoms with van der Waals surface area (Å²) in [5.74, 6) is 0.801. The summed E-state index contributed by atoms with van der Waals surface area (Å²) in [4.78, 5) is 17.2. The first-order chi connectivity index (χ1) is 12.6. The molecule has 1 saturated carbocycles. The van der Waals surface area contributed by atoms with Gasteiger partial charge in [0.15, 0.2) is 0 Å². The SMILES string of the molecule is COc1cc(N)c(Cl)cc1C(=O)NCCc1nc(C2CCCCC2)cs1.Cl.Cl. The van der Waals surface area contributed by atoms with E-state index in [9.17, 15) is 4.79 Å². The molecule has 0 atom stereocenters. The summed E-state index contributed by atoms with van der Waals surface area (Å²) in [5, 5.41) is 6.49. The second kappa shape index (κ2) is 11.7. The maximum Gasteiger partial charge on any atom is 0.255 e. The van der Waals surface area contributed by atoms with Crippen molar-refractivity contribution in [2.75, 3.05) is 19.4 Å². The number of thiazole rings is 1. The molecule has 1 aliphatic rings. The third-order valence-electron chi connectivity index (χ3n) is 4.78. The molecule has 0 bridgehead atoms. The second-order valence-electron chi connectivity index (χ2n) is 6.58. The Morgan fingerprint density at radius 2 is 2.04 bits per heavy atom. The van der Waals surface area contributed by atoms with E-state index in [4.69, 9.17) is 27.1 Å². The molecule has 0 spiro atoms. The fourth-order valence-corrected chi connectivity index (χ4v) is 4.36. The minimum atomic E-state index is -0.229. The Bertz CT molecular complexity index is 780. The Morgan fingerprint density at radius 1 is 1.32 bits per heavy atom. The number of nitrogens with one attached hydrogen (secondary N) is 1. The van der Waals surface area contributed by atoms with E-state index >= 15 is 0 Å². The molecule has 3 rings (SSSR count). The monoisotopic (exact) mass is 465 g/mol. The second-order valence-corrected chi connectivity index (χ2v) is 7.93. The van der Waals surface area contributed by atoms with Crippen LogP contribution in [0.15, 0.2) is 17.5 Å². The highest BCUT2D eigenvalue weighted by Crippen LogP contribution is 2.33. The molecule has 1 aromatic heterocycles. The first-order valence-corrected chi connectivity index (χ1v) is 10.2. The molecule has 1 fully saturated rings. The number of benzene rings is 1. The molecule has 1 heterocycles. The molecule has 156 valence electrons. The number of rotatable bonds is 6. The van der Waals surface area contributed by atoms with Crippen LogP contribution in [0.3, 0.4) is 0 Å². The lowest BCUT2D eigenvalue weighted by molar-refractivity contribution is 0.0951. The van der Waals surface area contributed by atoms with Crippen molar-refractivity contribution in [3.63, 3.8) is 0 Å². The average Bonchev–Trinajstić information content (AvgIpc) is 3.13. The van der Waals surface area contributed by atoms with Crippen molar-refractivity contribution in [2.45, 2.75) is 44.4 Å². The standard InChI is InChI=1S/C19H24ClN3O2S.2ClH/c1-25-17-10-15(21)14(20)9-13(17)19(24)22-8-7-18-23-16(11-26-18)12-5-3-2-4-6-12;;/h9-12H,2-8,21H2,1H3,(H,22,24);2*1H. The van der Waals surface area contributed by atoms with Crippen LogP contribution in [0.5, 0.6) is 5.75 Å². The molecule has 0 radical (unpaired) electrons. The summed E-state index contributed by atoms with van der Waals surface area (Å²) in [6, 6.07) is 3.10. The predicted octanol–water partition coefficient (Wildman–Crippen LogP) is 5.25. The molecule has 28 heavy (non-hydrogen) atoms. The van der Waals surface area contributed by atoms with E-state index < -0.39 is 0 Å². The van der Waals surface area contributed by atoms with Gasteiger partial charge in [-0.05, 0) is 18.9 Å². The predicted molar refractivity (Wildman–Crippen MR) is 121 cm³/mol. The van der Waals surface area contributed by atoms with Crippen LogP contribution >= 0.6 is 47.8 Å². The van der Waals surface area contributed by atoms with Crippen LogP contribution in [0.4, 0.5) is 5.69 Å². The van der Waals surface area contributed by atoms with E-state index in [1.165, 1.54) is 51.0 Å². The van der Waals surface area contributed by atoms with Crippen LogP contribution in [0, 0.1) is 0 Å². The van der Waals surface area contributed by atoms with Gasteiger partial charge in [-0.15, -0.1) is 36.2 Å². The number of hydrogen-bond donors (Lipinski definition) is 2. The normalized spacial score (nSPS) is 13.9. The zero-order valence-corrected chi connectivity index (χ0v) is 18.9. The average molecular weight is 467 g/mol. The molecular weight excluding hydrogens is 441 g/mol. The Kier molecular flexibility index (Phi) is 10.4. The summed E-state index contributed by atoms with van der Waals surface area (Å²) < 4.78 is 5.23. The van der Waals surface area contributed by atoms with Crippen molar-refractivity contribution in [1.82, 2.24) is 10.3 Å². The maximum absolute atomic E-state index is 12.4. The molecule has 2 aromatic rings. The summed E-state index contributed by atoms with van der Waals surface area (Å²) >= 11 is 7.70. The van der Waals surface area contributed by atoms with Crippen molar-refractivity contribution in [3.05, 3.63) is 38.8 Å². The number of ether oxygens (including phenoxy) is 1. The quantitative estimate of drug-likeness (QED) is 0.570. The van der Waals surface area contributed by atoms with Crippen LogP contribution in [-0.2, 0) is 6.42 Å². The number of amides is 1. The van der Waals surface area contributed by atoms with Crippen LogP contribution in [0.1, 0.15) is 59.1 Å². The van der Waals surface area contributed by atoms with Crippen molar-refractivity contribution in [2.24, 2.45) is 0 Å². The number of aromatic nitrogens is 1. The minimum absolute atomic E-state index is 0. The van der Waals surface area contributed by atoms with Crippen molar-refractivity contribution < 1.29 is 9.53 Å². The summed E-state index contributed by atoms with van der Waals surface area (Å²) in [7, 11) is 1.50. The van der Waals surface area contributed by atoms with Gasteiger partial charge in [0.2, 0.25) is 0 Å². The van der Waals surface area contributed by atoms with Crippen molar-refractivity contribution >= 4 is 59.3 Å². The fourth-order valence-electron chi connectivity index (χ4n) is 3.32. The molecule has 0 saturated heterocycles. The Labute approximate surface area is 187 Å². The smallest absolute Gasteiger partial charge is 0.255 e. The first kappa shape index (κ1) is 24.8. The highest BCUT2D eigenvalue weighted by molar-refractivity contribution is 7.09. The number of carbonyl (C=O) groups excluding carboxylic acids is 1. The molecule has 3 N–H and O–H groups in total. The lowest BCUT2D eigenvalue weighted by atomic mass is 9.87. The molecular formula is C19H26Cl3N3O2S. The van der Waals surface area contributed by atoms with E-state index in [1.54, 1.807) is 17.4 Å². The first-order valence-electron chi connectivity index (χ1n) is 8.94. The summed E-state index contributed by atoms with van der Waals surface area (Å²) in [6.07, 6.45) is 7.17. The van der Waals surface area contributed by atoms with Gasteiger partial charge >= 0.3 is 0 Å². The third kappa shape index (κ3) is 6.14. The van der Waals surface area contributed by atoms with E-state index in [0.717, 1.165) is 5.01 Å². The number of nitrogens with zero attached hydrogens (tertiary/aromatic N) is 1. The van der Waals surface area contributed by atoms with E-state index in [2.05, 4.69) is 10.7 Å². The number of hydrogen-bond acceptors (Lipinski definition) is 5. The van der Waals surface area contributed by atoms with Crippen LogP contribution in [0.25, 0.3) is 0 Å². The lowest BCUT2D eigenvalue weighted by Crippen LogP contribution is -2.26. The summed E-state index contributed by atoms with van der Waals surface area (Å²) in [5.41, 5.74) is 7.75. The number of methoxy groups -OCH3 is 1. The van der Waals surface area contributed by atoms with Gasteiger partial charge in [0.25, 0.3) is 5.91 Å². The van der Waals surface area contributed by atoms with Gasteiger partial charge in [0.1, 0.15) is 5.75 Å². The van der Waals surface area contributed by atoms with Gasteiger partial charge in [0.05, 0.1) is 34.1 Å². The maximum atomic E-state index is 12.4. The number of nitrogen functional groups attached to an aromatic ring is 1.